The van der Waals surface area contributed by atoms with Crippen LogP contribution in [0.1, 0.15) is 12.5 Å². The maximum absolute atomic E-state index is 11.5. The molecular weight excluding hydrogens is 268 g/mol. The molecule has 1 unspecified atom stereocenters. The number of thioether (sulfide) groups is 1. The van der Waals surface area contributed by atoms with Crippen LogP contribution in [0.4, 0.5) is 5.69 Å². The van der Waals surface area contributed by atoms with Gasteiger partial charge in [-0.05, 0) is 19.1 Å². The van der Waals surface area contributed by atoms with E-state index >= 15 is 0 Å². The summed E-state index contributed by atoms with van der Waals surface area (Å²) < 4.78 is 4.91. The first kappa shape index (κ1) is 13.5. The van der Waals surface area contributed by atoms with Gasteiger partial charge in [0.05, 0.1) is 16.6 Å². The molecular formula is C12H12N2O4S. The number of non-ortho nitro benzene ring substituents is 1. The molecule has 0 saturated carbocycles. The van der Waals surface area contributed by atoms with Gasteiger partial charge in [0.1, 0.15) is 0 Å². The number of carbonyl (C=O) groups excluding carboxylic acids is 1. The Morgan fingerprint density at radius 1 is 1.53 bits per heavy atom. The molecule has 0 spiro atoms. The predicted molar refractivity (Wildman–Crippen MR) is 72.5 cm³/mol. The van der Waals surface area contributed by atoms with Crippen molar-refractivity contribution in [3.63, 3.8) is 0 Å². The van der Waals surface area contributed by atoms with Crippen LogP contribution in [0.25, 0.3) is 0 Å². The summed E-state index contributed by atoms with van der Waals surface area (Å²) in [5.74, 6) is 0.220. The van der Waals surface area contributed by atoms with Crippen molar-refractivity contribution in [1.82, 2.24) is 0 Å². The number of nitro benzene ring substituents is 1. The summed E-state index contributed by atoms with van der Waals surface area (Å²) in [6.45, 7) is 2.09. The van der Waals surface area contributed by atoms with Crippen LogP contribution in [0, 0.1) is 10.1 Å². The van der Waals surface area contributed by atoms with Gasteiger partial charge in [-0.3, -0.25) is 15.1 Å². The number of benzene rings is 1. The van der Waals surface area contributed by atoms with Crippen LogP contribution in [-0.4, -0.2) is 34.3 Å². The number of nitrogens with zero attached hydrogens (tertiary/aromatic N) is 2. The van der Waals surface area contributed by atoms with Crippen molar-refractivity contribution >= 4 is 28.5 Å². The normalized spacial score (nSPS) is 17.9. The number of carbonyl (C=O) groups is 1. The highest BCUT2D eigenvalue weighted by Gasteiger charge is 2.26. The topological polar surface area (TPSA) is 81.8 Å². The van der Waals surface area contributed by atoms with Gasteiger partial charge in [-0.2, -0.15) is 0 Å². The zero-order chi connectivity index (χ0) is 13.8. The largest absolute Gasteiger partial charge is 0.464 e. The number of nitro groups is 1. The highest BCUT2D eigenvalue weighted by molar-refractivity contribution is 8.14. The fourth-order valence-electron chi connectivity index (χ4n) is 1.62. The molecule has 2 rings (SSSR count). The molecule has 0 radical (unpaired) electrons. The van der Waals surface area contributed by atoms with Crippen molar-refractivity contribution in [3.05, 3.63) is 39.9 Å². The summed E-state index contributed by atoms with van der Waals surface area (Å²) in [5.41, 5.74) is 0.816. The van der Waals surface area contributed by atoms with Crippen LogP contribution in [-0.2, 0) is 9.53 Å². The molecule has 1 aromatic carbocycles. The van der Waals surface area contributed by atoms with E-state index in [9.17, 15) is 14.9 Å². The van der Waals surface area contributed by atoms with E-state index in [2.05, 4.69) is 4.99 Å². The van der Waals surface area contributed by atoms with Gasteiger partial charge in [0.15, 0.2) is 6.04 Å². The fraction of sp³-hybridized carbons (Fsp3) is 0.333. The second-order valence-corrected chi connectivity index (χ2v) is 4.83. The monoisotopic (exact) mass is 280 g/mol. The molecule has 0 aliphatic carbocycles. The van der Waals surface area contributed by atoms with E-state index in [0.29, 0.717) is 17.4 Å². The minimum absolute atomic E-state index is 0.0364. The molecule has 0 N–H and O–H groups in total. The highest BCUT2D eigenvalue weighted by atomic mass is 32.2. The Bertz CT molecular complexity index is 527. The van der Waals surface area contributed by atoms with E-state index in [4.69, 9.17) is 4.74 Å². The van der Waals surface area contributed by atoms with Crippen molar-refractivity contribution < 1.29 is 14.5 Å². The maximum Gasteiger partial charge on any atom is 0.331 e. The van der Waals surface area contributed by atoms with E-state index in [1.807, 2.05) is 0 Å². The van der Waals surface area contributed by atoms with Crippen molar-refractivity contribution in [2.45, 2.75) is 13.0 Å². The number of rotatable bonds is 4. The van der Waals surface area contributed by atoms with E-state index in [-0.39, 0.29) is 11.7 Å². The van der Waals surface area contributed by atoms with Gasteiger partial charge in [0.2, 0.25) is 0 Å². The molecule has 19 heavy (non-hydrogen) atoms. The smallest absolute Gasteiger partial charge is 0.331 e. The molecule has 1 aliphatic rings. The first-order chi connectivity index (χ1) is 9.11. The lowest BCUT2D eigenvalue weighted by molar-refractivity contribution is -0.384. The van der Waals surface area contributed by atoms with Crippen molar-refractivity contribution in [2.24, 2.45) is 4.99 Å². The molecule has 0 bridgehead atoms. The summed E-state index contributed by atoms with van der Waals surface area (Å²) in [7, 11) is 0. The number of ether oxygens (including phenoxy) is 1. The lowest BCUT2D eigenvalue weighted by Crippen LogP contribution is -2.21. The molecule has 0 aromatic heterocycles. The van der Waals surface area contributed by atoms with Crippen molar-refractivity contribution in [1.29, 1.82) is 0 Å². The highest BCUT2D eigenvalue weighted by Crippen LogP contribution is 2.25. The first-order valence-electron chi connectivity index (χ1n) is 5.74. The number of hydrogen-bond donors (Lipinski definition) is 0. The third kappa shape index (κ3) is 3.11. The van der Waals surface area contributed by atoms with Crippen LogP contribution < -0.4 is 0 Å². The minimum atomic E-state index is -0.477. The average molecular weight is 280 g/mol. The van der Waals surface area contributed by atoms with Crippen molar-refractivity contribution in [2.75, 3.05) is 12.4 Å². The first-order valence-corrected chi connectivity index (χ1v) is 6.72. The molecule has 0 saturated heterocycles. The van der Waals surface area contributed by atoms with Gasteiger partial charge in [-0.1, -0.05) is 0 Å². The number of hydrogen-bond acceptors (Lipinski definition) is 6. The van der Waals surface area contributed by atoms with Crippen molar-refractivity contribution in [3.8, 4) is 0 Å². The zero-order valence-electron chi connectivity index (χ0n) is 10.2. The zero-order valence-corrected chi connectivity index (χ0v) is 11.1. The summed E-state index contributed by atoms with van der Waals surface area (Å²) in [4.78, 5) is 25.9. The molecule has 1 aliphatic heterocycles. The molecule has 6 nitrogen and oxygen atoms in total. The maximum atomic E-state index is 11.5. The summed E-state index contributed by atoms with van der Waals surface area (Å²) in [5, 5.41) is 11.3. The van der Waals surface area contributed by atoms with E-state index in [1.54, 1.807) is 19.1 Å². The average Bonchev–Trinajstić information content (AvgIpc) is 2.89. The number of esters is 1. The minimum Gasteiger partial charge on any atom is -0.464 e. The molecule has 0 fully saturated rings. The third-order valence-electron chi connectivity index (χ3n) is 2.53. The fourth-order valence-corrected chi connectivity index (χ4v) is 2.65. The summed E-state index contributed by atoms with van der Waals surface area (Å²) in [6, 6.07) is 5.65. The second kappa shape index (κ2) is 5.83. The van der Waals surface area contributed by atoms with E-state index in [0.717, 1.165) is 5.56 Å². The lowest BCUT2D eigenvalue weighted by atomic mass is 10.2. The Kier molecular flexibility index (Phi) is 4.16. The molecule has 100 valence electrons. The van der Waals surface area contributed by atoms with Crippen LogP contribution in [0.3, 0.4) is 0 Å². The molecule has 7 heteroatoms. The Hall–Kier alpha value is -1.89. The van der Waals surface area contributed by atoms with Gasteiger partial charge in [-0.25, -0.2) is 4.79 Å². The van der Waals surface area contributed by atoms with E-state index in [1.165, 1.54) is 23.9 Å². The Balaban J connectivity index is 2.12. The molecule has 0 amide bonds. The van der Waals surface area contributed by atoms with Crippen LogP contribution >= 0.6 is 11.8 Å². The SMILES string of the molecule is CCOC(=O)C1CSC(c2ccc([N+](=O)[O-])cc2)=N1. The quantitative estimate of drug-likeness (QED) is 0.479. The standard InChI is InChI=1S/C12H12N2O4S/c1-2-18-12(15)10-7-19-11(13-10)8-3-5-9(6-4-8)14(16)17/h3-6,10H,2,7H2,1H3. The lowest BCUT2D eigenvalue weighted by Gasteiger charge is -2.03. The van der Waals surface area contributed by atoms with Gasteiger partial charge in [0.25, 0.3) is 5.69 Å². The van der Waals surface area contributed by atoms with Crippen LogP contribution in [0.5, 0.6) is 0 Å². The molecule has 1 heterocycles. The Labute approximate surface area is 114 Å². The Morgan fingerprint density at radius 2 is 2.21 bits per heavy atom. The van der Waals surface area contributed by atoms with Gasteiger partial charge in [-0.15, -0.1) is 11.8 Å². The summed E-state index contributed by atoms with van der Waals surface area (Å²) in [6.07, 6.45) is 0. The summed E-state index contributed by atoms with van der Waals surface area (Å²) >= 11 is 1.45. The van der Waals surface area contributed by atoms with Gasteiger partial charge in [0, 0.05) is 23.4 Å². The second-order valence-electron chi connectivity index (χ2n) is 3.82. The molecule has 1 aromatic rings. The van der Waals surface area contributed by atoms with Gasteiger partial charge >= 0.3 is 5.97 Å². The van der Waals surface area contributed by atoms with E-state index < -0.39 is 11.0 Å². The predicted octanol–water partition coefficient (Wildman–Crippen LogP) is 2.02. The molecule has 1 atom stereocenters. The number of aliphatic imine (C=N–C) groups is 1. The van der Waals surface area contributed by atoms with Crippen LogP contribution in [0.2, 0.25) is 0 Å². The Morgan fingerprint density at radius 3 is 2.79 bits per heavy atom. The van der Waals surface area contributed by atoms with Crippen LogP contribution in [0.15, 0.2) is 29.3 Å². The third-order valence-corrected chi connectivity index (χ3v) is 3.63. The van der Waals surface area contributed by atoms with Gasteiger partial charge < -0.3 is 4.74 Å².